The fourth-order valence-electron chi connectivity index (χ4n) is 2.92. The number of aliphatic hydroxyl groups excluding tert-OH is 1. The molecule has 0 aromatic carbocycles. The van der Waals surface area contributed by atoms with E-state index >= 15 is 0 Å². The van der Waals surface area contributed by atoms with Gasteiger partial charge in [0.25, 0.3) is 0 Å². The first-order valence-corrected chi connectivity index (χ1v) is 8.52. The SMILES string of the molecule is Cc1noc(C)c1CN(C)c1cc(C2CCOC2)nc(NCCO)n1. The van der Waals surface area contributed by atoms with Crippen LogP contribution in [0.3, 0.4) is 0 Å². The van der Waals surface area contributed by atoms with Gasteiger partial charge in [-0.15, -0.1) is 0 Å². The largest absolute Gasteiger partial charge is 0.395 e. The first kappa shape index (κ1) is 17.6. The third kappa shape index (κ3) is 4.08. The zero-order valence-electron chi connectivity index (χ0n) is 14.9. The van der Waals surface area contributed by atoms with Crippen molar-refractivity contribution in [1.82, 2.24) is 15.1 Å². The molecule has 3 rings (SSSR count). The van der Waals surface area contributed by atoms with E-state index in [2.05, 4.69) is 25.3 Å². The molecule has 1 fully saturated rings. The van der Waals surface area contributed by atoms with Crippen LogP contribution in [0.25, 0.3) is 0 Å². The fraction of sp³-hybridized carbons (Fsp3) is 0.588. The molecule has 25 heavy (non-hydrogen) atoms. The van der Waals surface area contributed by atoms with Crippen LogP contribution in [0.15, 0.2) is 10.6 Å². The Kier molecular flexibility index (Phi) is 5.50. The van der Waals surface area contributed by atoms with E-state index < -0.39 is 0 Å². The number of hydrogen-bond acceptors (Lipinski definition) is 8. The zero-order chi connectivity index (χ0) is 17.8. The average Bonchev–Trinajstić information content (AvgIpc) is 3.25. The topological polar surface area (TPSA) is 96.5 Å². The Hall–Kier alpha value is -2.19. The lowest BCUT2D eigenvalue weighted by Crippen LogP contribution is -2.21. The molecule has 2 aromatic heterocycles. The molecule has 136 valence electrons. The lowest BCUT2D eigenvalue weighted by Gasteiger charge is -2.20. The Morgan fingerprint density at radius 1 is 1.36 bits per heavy atom. The van der Waals surface area contributed by atoms with Crippen molar-refractivity contribution in [2.24, 2.45) is 0 Å². The molecule has 1 aliphatic heterocycles. The van der Waals surface area contributed by atoms with Crippen LogP contribution in [-0.4, -0.2) is 53.6 Å². The van der Waals surface area contributed by atoms with E-state index in [1.165, 1.54) is 0 Å². The molecule has 2 N–H and O–H groups in total. The summed E-state index contributed by atoms with van der Waals surface area (Å²) in [5.41, 5.74) is 2.92. The van der Waals surface area contributed by atoms with Crippen molar-refractivity contribution >= 4 is 11.8 Å². The Labute approximate surface area is 147 Å². The lowest BCUT2D eigenvalue weighted by molar-refractivity contribution is 0.193. The predicted molar refractivity (Wildman–Crippen MR) is 93.9 cm³/mol. The van der Waals surface area contributed by atoms with E-state index in [-0.39, 0.29) is 12.5 Å². The van der Waals surface area contributed by atoms with Crippen LogP contribution >= 0.6 is 0 Å². The number of ether oxygens (including phenoxy) is 1. The molecule has 0 saturated carbocycles. The Bertz CT molecular complexity index is 693. The first-order chi connectivity index (χ1) is 12.1. The van der Waals surface area contributed by atoms with Crippen molar-refractivity contribution in [2.75, 3.05) is 43.6 Å². The minimum absolute atomic E-state index is 0.0321. The smallest absolute Gasteiger partial charge is 0.224 e. The maximum absolute atomic E-state index is 9.05. The fourth-order valence-corrected chi connectivity index (χ4v) is 2.92. The van der Waals surface area contributed by atoms with Gasteiger partial charge in [0.15, 0.2) is 0 Å². The van der Waals surface area contributed by atoms with Gasteiger partial charge in [-0.25, -0.2) is 4.98 Å². The highest BCUT2D eigenvalue weighted by molar-refractivity contribution is 5.46. The molecule has 1 atom stereocenters. The zero-order valence-corrected chi connectivity index (χ0v) is 14.9. The third-order valence-electron chi connectivity index (χ3n) is 4.44. The summed E-state index contributed by atoms with van der Waals surface area (Å²) in [5, 5.41) is 16.1. The van der Waals surface area contributed by atoms with Gasteiger partial charge in [0.05, 0.1) is 24.6 Å². The van der Waals surface area contributed by atoms with Crippen molar-refractivity contribution < 1.29 is 14.4 Å². The summed E-state index contributed by atoms with van der Waals surface area (Å²) in [6.07, 6.45) is 0.962. The van der Waals surface area contributed by atoms with Gasteiger partial charge in [-0.1, -0.05) is 5.16 Å². The number of nitrogens with zero attached hydrogens (tertiary/aromatic N) is 4. The molecule has 1 saturated heterocycles. The molecule has 8 nitrogen and oxygen atoms in total. The van der Waals surface area contributed by atoms with Crippen LogP contribution < -0.4 is 10.2 Å². The number of aromatic nitrogens is 3. The highest BCUT2D eigenvalue weighted by Crippen LogP contribution is 2.27. The minimum Gasteiger partial charge on any atom is -0.395 e. The van der Waals surface area contributed by atoms with Gasteiger partial charge in [-0.3, -0.25) is 0 Å². The molecule has 0 radical (unpaired) electrons. The number of anilines is 2. The van der Waals surface area contributed by atoms with E-state index in [0.717, 1.165) is 41.6 Å². The highest BCUT2D eigenvalue weighted by Gasteiger charge is 2.22. The standard InChI is InChI=1S/C17H25N5O3/c1-11-14(12(2)25-21-11)9-22(3)16-8-15(13-4-7-24-10-13)19-17(20-16)18-5-6-23/h8,13,23H,4-7,9-10H2,1-3H3,(H,18,19,20). The predicted octanol–water partition coefficient (Wildman–Crippen LogP) is 1.63. The summed E-state index contributed by atoms with van der Waals surface area (Å²) < 4.78 is 10.7. The van der Waals surface area contributed by atoms with Crippen molar-refractivity contribution in [1.29, 1.82) is 0 Å². The van der Waals surface area contributed by atoms with Crippen molar-refractivity contribution in [3.63, 3.8) is 0 Å². The number of hydrogen-bond donors (Lipinski definition) is 2. The second-order valence-electron chi connectivity index (χ2n) is 6.34. The first-order valence-electron chi connectivity index (χ1n) is 8.52. The third-order valence-corrected chi connectivity index (χ3v) is 4.44. The molecular formula is C17H25N5O3. The molecule has 0 spiro atoms. The van der Waals surface area contributed by atoms with Crippen LogP contribution in [0.4, 0.5) is 11.8 Å². The molecular weight excluding hydrogens is 322 g/mol. The van der Waals surface area contributed by atoms with Gasteiger partial charge in [-0.05, 0) is 20.3 Å². The molecule has 1 aliphatic rings. The summed E-state index contributed by atoms with van der Waals surface area (Å²) in [4.78, 5) is 11.2. The van der Waals surface area contributed by atoms with Crippen molar-refractivity contribution in [3.05, 3.63) is 28.8 Å². The van der Waals surface area contributed by atoms with Gasteiger partial charge < -0.3 is 24.6 Å². The molecule has 0 bridgehead atoms. The van der Waals surface area contributed by atoms with E-state index in [4.69, 9.17) is 14.4 Å². The quantitative estimate of drug-likeness (QED) is 0.780. The monoisotopic (exact) mass is 347 g/mol. The second-order valence-corrected chi connectivity index (χ2v) is 6.34. The Balaban J connectivity index is 1.86. The number of aliphatic hydroxyl groups is 1. The molecule has 3 heterocycles. The lowest BCUT2D eigenvalue weighted by atomic mass is 10.0. The van der Waals surface area contributed by atoms with E-state index in [0.29, 0.717) is 25.6 Å². The van der Waals surface area contributed by atoms with Crippen molar-refractivity contribution in [3.8, 4) is 0 Å². The summed E-state index contributed by atoms with van der Waals surface area (Å²) in [5.74, 6) is 2.45. The van der Waals surface area contributed by atoms with Crippen molar-refractivity contribution in [2.45, 2.75) is 32.7 Å². The van der Waals surface area contributed by atoms with E-state index in [9.17, 15) is 0 Å². The summed E-state index contributed by atoms with van der Waals surface area (Å²) >= 11 is 0. The van der Waals surface area contributed by atoms with Crippen LogP contribution in [0.1, 0.15) is 35.1 Å². The number of rotatable bonds is 7. The van der Waals surface area contributed by atoms with Crippen LogP contribution in [0.5, 0.6) is 0 Å². The molecule has 0 aliphatic carbocycles. The second kappa shape index (κ2) is 7.79. The number of aryl methyl sites for hydroxylation is 2. The highest BCUT2D eigenvalue weighted by atomic mass is 16.5. The maximum atomic E-state index is 9.05. The molecule has 2 aromatic rings. The Morgan fingerprint density at radius 2 is 2.20 bits per heavy atom. The van der Waals surface area contributed by atoms with E-state index in [1.54, 1.807) is 0 Å². The Morgan fingerprint density at radius 3 is 2.84 bits per heavy atom. The summed E-state index contributed by atoms with van der Waals surface area (Å²) in [6, 6.07) is 2.02. The summed E-state index contributed by atoms with van der Waals surface area (Å²) in [6.45, 7) is 6.40. The molecule has 8 heteroatoms. The van der Waals surface area contributed by atoms with Gasteiger partial charge in [0.1, 0.15) is 11.6 Å². The average molecular weight is 347 g/mol. The van der Waals surface area contributed by atoms with Gasteiger partial charge in [0.2, 0.25) is 5.95 Å². The van der Waals surface area contributed by atoms with E-state index in [1.807, 2.05) is 27.0 Å². The van der Waals surface area contributed by atoms with Crippen LogP contribution in [-0.2, 0) is 11.3 Å². The van der Waals surface area contributed by atoms with Gasteiger partial charge in [-0.2, -0.15) is 4.98 Å². The van der Waals surface area contributed by atoms with Crippen LogP contribution in [0, 0.1) is 13.8 Å². The molecule has 1 unspecified atom stereocenters. The number of nitrogens with one attached hydrogen (secondary N) is 1. The van der Waals surface area contributed by atoms with Crippen LogP contribution in [0.2, 0.25) is 0 Å². The van der Waals surface area contributed by atoms with Gasteiger partial charge in [0, 0.05) is 44.3 Å². The molecule has 0 amide bonds. The van der Waals surface area contributed by atoms with Gasteiger partial charge >= 0.3 is 0 Å². The minimum atomic E-state index is 0.0321. The maximum Gasteiger partial charge on any atom is 0.224 e. The summed E-state index contributed by atoms with van der Waals surface area (Å²) in [7, 11) is 1.99. The normalized spacial score (nSPS) is 17.0.